The van der Waals surface area contributed by atoms with Crippen molar-refractivity contribution in [3.63, 3.8) is 0 Å². The number of hydrogen-bond donors (Lipinski definition) is 1. The fourth-order valence-electron chi connectivity index (χ4n) is 1.54. The van der Waals surface area contributed by atoms with E-state index in [1.807, 2.05) is 0 Å². The van der Waals surface area contributed by atoms with Crippen LogP contribution in [0.15, 0.2) is 12.1 Å². The van der Waals surface area contributed by atoms with Crippen LogP contribution in [0, 0.1) is 11.7 Å². The van der Waals surface area contributed by atoms with Crippen molar-refractivity contribution in [2.24, 2.45) is 5.92 Å². The molecular formula is C11H13ClFNO. The molecule has 1 aromatic rings. The Morgan fingerprint density at radius 2 is 2.27 bits per heavy atom. The van der Waals surface area contributed by atoms with E-state index in [0.717, 1.165) is 0 Å². The lowest BCUT2D eigenvalue weighted by molar-refractivity contribution is 0.257. The Labute approximate surface area is 93.4 Å². The molecule has 0 spiro atoms. The molecule has 4 heteroatoms. The van der Waals surface area contributed by atoms with E-state index in [1.54, 1.807) is 0 Å². The quantitative estimate of drug-likeness (QED) is 0.798. The fraction of sp³-hybridized carbons (Fsp3) is 0.455. The van der Waals surface area contributed by atoms with E-state index >= 15 is 0 Å². The molecule has 0 aliphatic carbocycles. The third kappa shape index (κ3) is 2.02. The zero-order valence-electron chi connectivity index (χ0n) is 8.68. The van der Waals surface area contributed by atoms with Crippen molar-refractivity contribution in [1.29, 1.82) is 0 Å². The zero-order valence-corrected chi connectivity index (χ0v) is 9.44. The Kier molecular flexibility index (Phi) is 2.74. The molecular weight excluding hydrogens is 217 g/mol. The molecule has 0 saturated heterocycles. The first-order valence-corrected chi connectivity index (χ1v) is 5.34. The van der Waals surface area contributed by atoms with Gasteiger partial charge in [-0.3, -0.25) is 0 Å². The van der Waals surface area contributed by atoms with Gasteiger partial charge in [0, 0.05) is 12.1 Å². The summed E-state index contributed by atoms with van der Waals surface area (Å²) >= 11 is 5.66. The number of ether oxygens (including phenoxy) is 1. The van der Waals surface area contributed by atoms with Gasteiger partial charge in [-0.2, -0.15) is 0 Å². The summed E-state index contributed by atoms with van der Waals surface area (Å²) in [5.41, 5.74) is 0.682. The van der Waals surface area contributed by atoms with Gasteiger partial charge in [0.05, 0.1) is 16.8 Å². The highest BCUT2D eigenvalue weighted by Gasteiger charge is 2.22. The third-order valence-corrected chi connectivity index (χ3v) is 2.88. The van der Waals surface area contributed by atoms with Gasteiger partial charge in [0.1, 0.15) is 18.2 Å². The number of benzene rings is 1. The molecule has 2 rings (SSSR count). The summed E-state index contributed by atoms with van der Waals surface area (Å²) in [4.78, 5) is 0. The van der Waals surface area contributed by atoms with Gasteiger partial charge in [0.2, 0.25) is 0 Å². The van der Waals surface area contributed by atoms with Crippen molar-refractivity contribution in [2.75, 3.05) is 11.9 Å². The highest BCUT2D eigenvalue weighted by Crippen LogP contribution is 2.34. The summed E-state index contributed by atoms with van der Waals surface area (Å²) in [6, 6.07) is 3.11. The summed E-state index contributed by atoms with van der Waals surface area (Å²) in [6.45, 7) is 4.78. The summed E-state index contributed by atoms with van der Waals surface area (Å²) in [5.74, 6) is 0.645. The van der Waals surface area contributed by atoms with Crippen LogP contribution in [0.4, 0.5) is 10.1 Å². The lowest BCUT2D eigenvalue weighted by atomic mass is 10.0. The second-order valence-corrected chi connectivity index (χ2v) is 4.48. The second kappa shape index (κ2) is 3.89. The first-order chi connectivity index (χ1) is 7.08. The largest absolute Gasteiger partial charge is 0.489 e. The third-order valence-electron chi connectivity index (χ3n) is 2.59. The van der Waals surface area contributed by atoms with Crippen molar-refractivity contribution >= 4 is 17.3 Å². The fourth-order valence-corrected chi connectivity index (χ4v) is 1.69. The van der Waals surface area contributed by atoms with Gasteiger partial charge in [-0.1, -0.05) is 25.4 Å². The molecule has 1 heterocycles. The van der Waals surface area contributed by atoms with E-state index in [2.05, 4.69) is 19.2 Å². The molecule has 1 aromatic carbocycles. The Hall–Kier alpha value is -0.960. The number of fused-ring (bicyclic) bond motifs is 1. The summed E-state index contributed by atoms with van der Waals surface area (Å²) in [5, 5.41) is 3.34. The molecule has 1 N–H and O–H groups in total. The van der Waals surface area contributed by atoms with Crippen molar-refractivity contribution in [3.05, 3.63) is 23.0 Å². The molecule has 0 saturated carbocycles. The van der Waals surface area contributed by atoms with E-state index in [-0.39, 0.29) is 11.1 Å². The standard InChI is InChI=1S/C11H13ClFNO/c1-6(2)10-5-15-11-3-7(12)8(13)4-9(11)14-10/h3-4,6,10,14H,5H2,1-2H3. The highest BCUT2D eigenvalue weighted by atomic mass is 35.5. The van der Waals surface area contributed by atoms with Crippen LogP contribution >= 0.6 is 11.6 Å². The van der Waals surface area contributed by atoms with E-state index in [4.69, 9.17) is 16.3 Å². The summed E-state index contributed by atoms with van der Waals surface area (Å²) < 4.78 is 18.7. The summed E-state index contributed by atoms with van der Waals surface area (Å²) in [6.07, 6.45) is 0. The van der Waals surface area contributed by atoms with Crippen LogP contribution in [0.25, 0.3) is 0 Å². The Morgan fingerprint density at radius 3 is 2.93 bits per heavy atom. The van der Waals surface area contributed by atoms with Crippen LogP contribution in [0.5, 0.6) is 5.75 Å². The topological polar surface area (TPSA) is 21.3 Å². The molecule has 1 unspecified atom stereocenters. The SMILES string of the molecule is CC(C)C1COc2cc(Cl)c(F)cc2N1. The van der Waals surface area contributed by atoms with E-state index in [1.165, 1.54) is 12.1 Å². The van der Waals surface area contributed by atoms with Gasteiger partial charge in [-0.15, -0.1) is 0 Å². The predicted molar refractivity (Wildman–Crippen MR) is 59.2 cm³/mol. The summed E-state index contributed by atoms with van der Waals surface area (Å²) in [7, 11) is 0. The Balaban J connectivity index is 2.30. The van der Waals surface area contributed by atoms with Crippen LogP contribution in [-0.4, -0.2) is 12.6 Å². The van der Waals surface area contributed by atoms with Gasteiger partial charge >= 0.3 is 0 Å². The lowest BCUT2D eigenvalue weighted by Gasteiger charge is -2.30. The molecule has 0 radical (unpaired) electrons. The molecule has 0 fully saturated rings. The minimum atomic E-state index is -0.420. The first-order valence-electron chi connectivity index (χ1n) is 4.96. The number of anilines is 1. The molecule has 15 heavy (non-hydrogen) atoms. The van der Waals surface area contributed by atoms with Crippen LogP contribution in [0.3, 0.4) is 0 Å². The average molecular weight is 230 g/mol. The number of halogens is 2. The van der Waals surface area contributed by atoms with Gasteiger partial charge in [0.25, 0.3) is 0 Å². The van der Waals surface area contributed by atoms with Gasteiger partial charge < -0.3 is 10.1 Å². The lowest BCUT2D eigenvalue weighted by Crippen LogP contribution is -2.35. The van der Waals surface area contributed by atoms with Crippen molar-refractivity contribution in [2.45, 2.75) is 19.9 Å². The minimum absolute atomic E-state index is 0.0959. The molecule has 2 nitrogen and oxygen atoms in total. The van der Waals surface area contributed by atoms with E-state index < -0.39 is 5.82 Å². The second-order valence-electron chi connectivity index (χ2n) is 4.07. The van der Waals surface area contributed by atoms with Crippen LogP contribution in [0.1, 0.15) is 13.8 Å². The van der Waals surface area contributed by atoms with Gasteiger partial charge in [-0.05, 0) is 5.92 Å². The molecule has 0 aromatic heterocycles. The number of rotatable bonds is 1. The molecule has 0 amide bonds. The van der Waals surface area contributed by atoms with Crippen LogP contribution in [0.2, 0.25) is 5.02 Å². The predicted octanol–water partition coefficient (Wildman–Crippen LogP) is 3.31. The smallest absolute Gasteiger partial charge is 0.144 e. The normalized spacial score (nSPS) is 19.4. The molecule has 0 bridgehead atoms. The molecule has 1 aliphatic heterocycles. The number of hydrogen-bond acceptors (Lipinski definition) is 2. The monoisotopic (exact) mass is 229 g/mol. The zero-order chi connectivity index (χ0) is 11.0. The maximum absolute atomic E-state index is 13.2. The van der Waals surface area contributed by atoms with Crippen molar-refractivity contribution in [1.82, 2.24) is 0 Å². The van der Waals surface area contributed by atoms with E-state index in [0.29, 0.717) is 24.0 Å². The molecule has 1 aliphatic rings. The minimum Gasteiger partial charge on any atom is -0.489 e. The van der Waals surface area contributed by atoms with Crippen LogP contribution in [-0.2, 0) is 0 Å². The Bertz CT molecular complexity index is 381. The molecule has 82 valence electrons. The maximum atomic E-state index is 13.2. The van der Waals surface area contributed by atoms with Crippen LogP contribution < -0.4 is 10.1 Å². The average Bonchev–Trinajstić information content (AvgIpc) is 2.19. The Morgan fingerprint density at radius 1 is 1.53 bits per heavy atom. The van der Waals surface area contributed by atoms with E-state index in [9.17, 15) is 4.39 Å². The molecule has 1 atom stereocenters. The number of nitrogens with one attached hydrogen (secondary N) is 1. The van der Waals surface area contributed by atoms with Gasteiger partial charge in [-0.25, -0.2) is 4.39 Å². The first kappa shape index (κ1) is 10.6. The van der Waals surface area contributed by atoms with Gasteiger partial charge in [0.15, 0.2) is 0 Å². The van der Waals surface area contributed by atoms with Crippen molar-refractivity contribution < 1.29 is 9.13 Å². The highest BCUT2D eigenvalue weighted by molar-refractivity contribution is 6.31. The van der Waals surface area contributed by atoms with Crippen molar-refractivity contribution in [3.8, 4) is 5.75 Å². The maximum Gasteiger partial charge on any atom is 0.144 e.